The van der Waals surface area contributed by atoms with Crippen LogP contribution >= 0.6 is 0 Å². The zero-order valence-electron chi connectivity index (χ0n) is 7.90. The Labute approximate surface area is 81.8 Å². The molecule has 0 amide bonds. The van der Waals surface area contributed by atoms with E-state index in [0.717, 1.165) is 0 Å². The van der Waals surface area contributed by atoms with Gasteiger partial charge in [0.1, 0.15) is 6.61 Å². The van der Waals surface area contributed by atoms with Crippen LogP contribution in [-0.2, 0) is 0 Å². The number of ether oxygens (including phenoxy) is 1. The van der Waals surface area contributed by atoms with Crippen LogP contribution in [0.25, 0.3) is 0 Å². The molecule has 1 rings (SSSR count). The highest BCUT2D eigenvalue weighted by atomic mass is 19.1. The fourth-order valence-corrected chi connectivity index (χ4v) is 1.05. The highest BCUT2D eigenvalue weighted by Crippen LogP contribution is 2.21. The number of rotatable bonds is 4. The third-order valence-corrected chi connectivity index (χ3v) is 1.79. The van der Waals surface area contributed by atoms with Crippen molar-refractivity contribution in [3.05, 3.63) is 29.6 Å². The minimum absolute atomic E-state index is 0.0605. The van der Waals surface area contributed by atoms with Gasteiger partial charge in [-0.1, -0.05) is 6.07 Å². The third-order valence-electron chi connectivity index (χ3n) is 1.79. The van der Waals surface area contributed by atoms with Crippen molar-refractivity contribution in [2.45, 2.75) is 13.0 Å². The highest BCUT2D eigenvalue weighted by Gasteiger charge is 2.07. The number of aliphatic hydroxyl groups excluding tert-OH is 2. The van der Waals surface area contributed by atoms with E-state index in [4.69, 9.17) is 14.9 Å². The lowest BCUT2D eigenvalue weighted by molar-refractivity contribution is 0.192. The van der Waals surface area contributed by atoms with Crippen LogP contribution in [-0.4, -0.2) is 23.4 Å². The summed E-state index contributed by atoms with van der Waals surface area (Å²) >= 11 is 0. The molecule has 3 nitrogen and oxygen atoms in total. The summed E-state index contributed by atoms with van der Waals surface area (Å²) in [7, 11) is 0. The number of hydrogen-bond donors (Lipinski definition) is 2. The fourth-order valence-electron chi connectivity index (χ4n) is 1.05. The summed E-state index contributed by atoms with van der Waals surface area (Å²) < 4.78 is 18.1. The Morgan fingerprint density at radius 1 is 1.50 bits per heavy atom. The molecule has 0 saturated carbocycles. The molecule has 78 valence electrons. The minimum atomic E-state index is -0.698. The van der Waals surface area contributed by atoms with E-state index in [0.29, 0.717) is 5.56 Å². The predicted octanol–water partition coefficient (Wildman–Crippen LogP) is 1.25. The van der Waals surface area contributed by atoms with Crippen molar-refractivity contribution in [3.8, 4) is 5.75 Å². The summed E-state index contributed by atoms with van der Waals surface area (Å²) in [6.07, 6.45) is -0.698. The number of hydrogen-bond acceptors (Lipinski definition) is 3. The van der Waals surface area contributed by atoms with Crippen LogP contribution in [0.3, 0.4) is 0 Å². The maximum absolute atomic E-state index is 13.2. The normalized spacial score (nSPS) is 12.6. The topological polar surface area (TPSA) is 49.7 Å². The molecule has 0 saturated heterocycles. The standard InChI is InChI=1S/C10H13FO3/c1-7(13)8-2-3-10(9(11)6-8)14-5-4-12/h2-3,6-7,12-13H,4-5H2,1H3. The predicted molar refractivity (Wildman–Crippen MR) is 49.6 cm³/mol. The van der Waals surface area contributed by atoms with Crippen LogP contribution in [0.1, 0.15) is 18.6 Å². The first-order valence-electron chi connectivity index (χ1n) is 4.36. The second-order valence-corrected chi connectivity index (χ2v) is 2.94. The number of halogens is 1. The Balaban J connectivity index is 2.79. The smallest absolute Gasteiger partial charge is 0.165 e. The fraction of sp³-hybridized carbons (Fsp3) is 0.400. The van der Waals surface area contributed by atoms with E-state index >= 15 is 0 Å². The first-order valence-corrected chi connectivity index (χ1v) is 4.36. The first-order chi connectivity index (χ1) is 6.65. The van der Waals surface area contributed by atoms with Gasteiger partial charge in [-0.15, -0.1) is 0 Å². The van der Waals surface area contributed by atoms with Crippen molar-refractivity contribution in [2.75, 3.05) is 13.2 Å². The molecule has 2 N–H and O–H groups in total. The van der Waals surface area contributed by atoms with Crippen LogP contribution in [0, 0.1) is 5.82 Å². The average Bonchev–Trinajstić information content (AvgIpc) is 2.15. The van der Waals surface area contributed by atoms with Gasteiger partial charge < -0.3 is 14.9 Å². The lowest BCUT2D eigenvalue weighted by Gasteiger charge is -2.08. The van der Waals surface area contributed by atoms with Crippen LogP contribution in [0.5, 0.6) is 5.75 Å². The van der Waals surface area contributed by atoms with Crippen molar-refractivity contribution in [1.82, 2.24) is 0 Å². The summed E-state index contributed by atoms with van der Waals surface area (Å²) in [5.74, 6) is -0.444. The maximum atomic E-state index is 13.2. The second-order valence-electron chi connectivity index (χ2n) is 2.94. The van der Waals surface area contributed by atoms with Crippen LogP contribution in [0.15, 0.2) is 18.2 Å². The molecule has 4 heteroatoms. The van der Waals surface area contributed by atoms with E-state index in [1.807, 2.05) is 0 Å². The SMILES string of the molecule is CC(O)c1ccc(OCCO)c(F)c1. The zero-order chi connectivity index (χ0) is 10.6. The molecule has 0 aliphatic carbocycles. The van der Waals surface area contributed by atoms with Gasteiger partial charge in [-0.2, -0.15) is 0 Å². The van der Waals surface area contributed by atoms with E-state index in [1.165, 1.54) is 12.1 Å². The Kier molecular flexibility index (Phi) is 3.85. The number of aliphatic hydroxyl groups is 2. The first kappa shape index (κ1) is 10.9. The van der Waals surface area contributed by atoms with Crippen LogP contribution in [0.2, 0.25) is 0 Å². The molecule has 0 aromatic heterocycles. The minimum Gasteiger partial charge on any atom is -0.488 e. The van der Waals surface area contributed by atoms with Gasteiger partial charge in [-0.05, 0) is 24.6 Å². The van der Waals surface area contributed by atoms with Crippen molar-refractivity contribution >= 4 is 0 Å². The molecule has 0 aliphatic rings. The lowest BCUT2D eigenvalue weighted by Crippen LogP contribution is -2.03. The molecular formula is C10H13FO3. The van der Waals surface area contributed by atoms with Gasteiger partial charge in [-0.25, -0.2) is 4.39 Å². The van der Waals surface area contributed by atoms with E-state index in [-0.39, 0.29) is 19.0 Å². The molecular weight excluding hydrogens is 187 g/mol. The van der Waals surface area contributed by atoms with Crippen molar-refractivity contribution in [2.24, 2.45) is 0 Å². The van der Waals surface area contributed by atoms with E-state index in [9.17, 15) is 4.39 Å². The molecule has 0 aliphatic heterocycles. The molecule has 0 fully saturated rings. The van der Waals surface area contributed by atoms with Crippen molar-refractivity contribution in [1.29, 1.82) is 0 Å². The largest absolute Gasteiger partial charge is 0.488 e. The quantitative estimate of drug-likeness (QED) is 0.769. The van der Waals surface area contributed by atoms with E-state index < -0.39 is 11.9 Å². The van der Waals surface area contributed by atoms with E-state index in [1.54, 1.807) is 13.0 Å². The summed E-state index contributed by atoms with van der Waals surface area (Å²) in [6.45, 7) is 1.46. The van der Waals surface area contributed by atoms with Crippen LogP contribution in [0.4, 0.5) is 4.39 Å². The Hall–Kier alpha value is -1.13. The molecule has 0 spiro atoms. The van der Waals surface area contributed by atoms with Gasteiger partial charge >= 0.3 is 0 Å². The van der Waals surface area contributed by atoms with Crippen LogP contribution < -0.4 is 4.74 Å². The maximum Gasteiger partial charge on any atom is 0.165 e. The van der Waals surface area contributed by atoms with Gasteiger partial charge in [0.25, 0.3) is 0 Å². The van der Waals surface area contributed by atoms with Crippen molar-refractivity contribution < 1.29 is 19.3 Å². The van der Waals surface area contributed by atoms with E-state index in [2.05, 4.69) is 0 Å². The monoisotopic (exact) mass is 200 g/mol. The molecule has 14 heavy (non-hydrogen) atoms. The molecule has 1 unspecified atom stereocenters. The molecule has 1 atom stereocenters. The molecule has 0 radical (unpaired) electrons. The Morgan fingerprint density at radius 2 is 2.21 bits per heavy atom. The van der Waals surface area contributed by atoms with Gasteiger partial charge in [0, 0.05) is 0 Å². The molecule has 0 heterocycles. The van der Waals surface area contributed by atoms with Crippen molar-refractivity contribution in [3.63, 3.8) is 0 Å². The molecule has 1 aromatic rings. The zero-order valence-corrected chi connectivity index (χ0v) is 7.90. The summed E-state index contributed by atoms with van der Waals surface area (Å²) in [6, 6.07) is 4.24. The third kappa shape index (κ3) is 2.68. The highest BCUT2D eigenvalue weighted by molar-refractivity contribution is 5.30. The Bertz CT molecular complexity index is 299. The van der Waals surface area contributed by atoms with Gasteiger partial charge in [-0.3, -0.25) is 0 Å². The lowest BCUT2D eigenvalue weighted by atomic mass is 10.1. The van der Waals surface area contributed by atoms with Gasteiger partial charge in [0.15, 0.2) is 11.6 Å². The van der Waals surface area contributed by atoms with Gasteiger partial charge in [0.2, 0.25) is 0 Å². The average molecular weight is 200 g/mol. The van der Waals surface area contributed by atoms with Gasteiger partial charge in [0.05, 0.1) is 12.7 Å². The summed E-state index contributed by atoms with van der Waals surface area (Å²) in [5, 5.41) is 17.6. The molecule has 1 aromatic carbocycles. The summed E-state index contributed by atoms with van der Waals surface area (Å²) in [5.41, 5.74) is 0.499. The molecule has 0 bridgehead atoms. The number of benzene rings is 1. The Morgan fingerprint density at radius 3 is 2.71 bits per heavy atom. The summed E-state index contributed by atoms with van der Waals surface area (Å²) in [4.78, 5) is 0. The second kappa shape index (κ2) is 4.93.